The molecule has 46 heavy (non-hydrogen) atoms. The summed E-state index contributed by atoms with van der Waals surface area (Å²) in [6.07, 6.45) is 0. The summed E-state index contributed by atoms with van der Waals surface area (Å²) in [5.41, 5.74) is 9.27. The topological polar surface area (TPSA) is 48.0 Å². The molecule has 0 spiro atoms. The number of aromatic nitrogens is 5. The third kappa shape index (κ3) is 3.60. The molecular weight excluding hydrogens is 562 g/mol. The maximum atomic E-state index is 5.23. The molecule has 0 N–H and O–H groups in total. The second-order valence-electron chi connectivity index (χ2n) is 11.7. The molecule has 0 aliphatic carbocycles. The van der Waals surface area contributed by atoms with Crippen molar-refractivity contribution < 1.29 is 0 Å². The SMILES string of the molecule is c1ccc(-c2cc(-n3c4ccccc4c4cc5c6ccccc6n6c7ccccc7nc6c5cc43)nc(-c3ccccc3)n2)cc1. The van der Waals surface area contributed by atoms with E-state index in [9.17, 15) is 0 Å². The van der Waals surface area contributed by atoms with Gasteiger partial charge in [-0.1, -0.05) is 109 Å². The zero-order valence-corrected chi connectivity index (χ0v) is 24.7. The fraction of sp³-hybridized carbons (Fsp3) is 0. The number of hydrogen-bond acceptors (Lipinski definition) is 3. The first kappa shape index (κ1) is 25.0. The predicted molar refractivity (Wildman–Crippen MR) is 189 cm³/mol. The average molecular weight is 588 g/mol. The molecule has 5 heteroatoms. The van der Waals surface area contributed by atoms with Crippen LogP contribution in [0, 0.1) is 0 Å². The highest BCUT2D eigenvalue weighted by Gasteiger charge is 2.20. The van der Waals surface area contributed by atoms with Crippen LogP contribution in [0.2, 0.25) is 0 Å². The summed E-state index contributed by atoms with van der Waals surface area (Å²) in [4.78, 5) is 15.5. The Morgan fingerprint density at radius 3 is 1.80 bits per heavy atom. The maximum absolute atomic E-state index is 5.23. The van der Waals surface area contributed by atoms with Crippen molar-refractivity contribution in [2.24, 2.45) is 0 Å². The highest BCUT2D eigenvalue weighted by Crippen LogP contribution is 2.39. The zero-order chi connectivity index (χ0) is 30.2. The van der Waals surface area contributed by atoms with Gasteiger partial charge < -0.3 is 0 Å². The third-order valence-corrected chi connectivity index (χ3v) is 9.09. The van der Waals surface area contributed by atoms with E-state index in [4.69, 9.17) is 15.0 Å². The fourth-order valence-electron chi connectivity index (χ4n) is 7.04. The van der Waals surface area contributed by atoms with Crippen LogP contribution in [0.1, 0.15) is 0 Å². The van der Waals surface area contributed by atoms with E-state index in [1.54, 1.807) is 0 Å². The van der Waals surface area contributed by atoms with E-state index in [0.717, 1.165) is 61.3 Å². The number of pyridine rings is 1. The van der Waals surface area contributed by atoms with Gasteiger partial charge in [-0.3, -0.25) is 8.97 Å². The van der Waals surface area contributed by atoms with Gasteiger partial charge in [0.1, 0.15) is 11.5 Å². The molecule has 0 saturated carbocycles. The van der Waals surface area contributed by atoms with Gasteiger partial charge in [0.05, 0.1) is 33.3 Å². The lowest BCUT2D eigenvalue weighted by Crippen LogP contribution is -2.02. The van der Waals surface area contributed by atoms with Crippen molar-refractivity contribution in [3.05, 3.63) is 152 Å². The summed E-state index contributed by atoms with van der Waals surface area (Å²) >= 11 is 0. The Bertz CT molecular complexity index is 2740. The van der Waals surface area contributed by atoms with Crippen LogP contribution in [-0.4, -0.2) is 23.9 Å². The first-order valence-electron chi connectivity index (χ1n) is 15.5. The normalized spacial score (nSPS) is 11.9. The van der Waals surface area contributed by atoms with E-state index in [2.05, 4.69) is 136 Å². The van der Waals surface area contributed by atoms with Crippen LogP contribution in [0.5, 0.6) is 0 Å². The number of fused-ring (bicyclic) bond motifs is 11. The van der Waals surface area contributed by atoms with Gasteiger partial charge in [-0.2, -0.15) is 0 Å². The second-order valence-corrected chi connectivity index (χ2v) is 11.7. The molecular formula is C41H25N5. The minimum atomic E-state index is 0.691. The molecule has 10 aromatic rings. The minimum absolute atomic E-state index is 0.691. The van der Waals surface area contributed by atoms with E-state index in [-0.39, 0.29) is 0 Å². The van der Waals surface area contributed by atoms with Crippen molar-refractivity contribution in [2.75, 3.05) is 0 Å². The van der Waals surface area contributed by atoms with Crippen LogP contribution in [0.4, 0.5) is 0 Å². The molecule has 0 aliphatic rings. The molecule has 10 rings (SSSR count). The Morgan fingerprint density at radius 1 is 0.391 bits per heavy atom. The Balaban J connectivity index is 1.37. The van der Waals surface area contributed by atoms with Gasteiger partial charge in [-0.05, 0) is 41.8 Å². The number of benzene rings is 6. The number of hydrogen-bond donors (Lipinski definition) is 0. The monoisotopic (exact) mass is 587 g/mol. The molecule has 0 fully saturated rings. The third-order valence-electron chi connectivity index (χ3n) is 9.09. The molecule has 0 amide bonds. The standard InChI is InChI=1S/C41H25N5/c1-3-13-26(14-4-1)34-25-39(44-40(42-34)27-15-5-2-6-16-27)45-35-20-10-8-18-29(35)31-23-30-28-17-7-11-21-36(28)46-37-22-12-9-19-33(37)43-41(46)32(30)24-38(31)45/h1-25H. The number of imidazole rings is 1. The van der Waals surface area contributed by atoms with Crippen molar-refractivity contribution >= 4 is 60.2 Å². The summed E-state index contributed by atoms with van der Waals surface area (Å²) < 4.78 is 4.59. The van der Waals surface area contributed by atoms with Crippen LogP contribution in [0.25, 0.3) is 88.6 Å². The first-order chi connectivity index (χ1) is 22.8. The van der Waals surface area contributed by atoms with Crippen molar-refractivity contribution in [3.8, 4) is 28.5 Å². The Labute approximate surface area is 263 Å². The predicted octanol–water partition coefficient (Wildman–Crippen LogP) is 10.0. The van der Waals surface area contributed by atoms with E-state index in [0.29, 0.717) is 5.82 Å². The number of rotatable bonds is 3. The highest BCUT2D eigenvalue weighted by atomic mass is 15.1. The van der Waals surface area contributed by atoms with Crippen LogP contribution in [0.3, 0.4) is 0 Å². The number of para-hydroxylation sites is 4. The zero-order valence-electron chi connectivity index (χ0n) is 24.7. The molecule has 0 saturated heterocycles. The van der Waals surface area contributed by atoms with E-state index in [1.807, 2.05) is 24.3 Å². The van der Waals surface area contributed by atoms with Crippen LogP contribution < -0.4 is 0 Å². The van der Waals surface area contributed by atoms with Crippen LogP contribution in [-0.2, 0) is 0 Å². The lowest BCUT2D eigenvalue weighted by molar-refractivity contribution is 1.05. The van der Waals surface area contributed by atoms with Crippen LogP contribution >= 0.6 is 0 Å². The fourth-order valence-corrected chi connectivity index (χ4v) is 7.04. The summed E-state index contributed by atoms with van der Waals surface area (Å²) in [5.74, 6) is 1.51. The second kappa shape index (κ2) is 9.58. The summed E-state index contributed by atoms with van der Waals surface area (Å²) in [6.45, 7) is 0. The van der Waals surface area contributed by atoms with Gasteiger partial charge in [-0.25, -0.2) is 15.0 Å². The van der Waals surface area contributed by atoms with Crippen molar-refractivity contribution in [2.45, 2.75) is 0 Å². The molecule has 0 atom stereocenters. The maximum Gasteiger partial charge on any atom is 0.162 e. The first-order valence-corrected chi connectivity index (χ1v) is 15.5. The van der Waals surface area contributed by atoms with Gasteiger partial charge >= 0.3 is 0 Å². The van der Waals surface area contributed by atoms with Gasteiger partial charge in [0.15, 0.2) is 5.82 Å². The molecule has 5 nitrogen and oxygen atoms in total. The van der Waals surface area contributed by atoms with Gasteiger partial charge in [-0.15, -0.1) is 0 Å². The summed E-state index contributed by atoms with van der Waals surface area (Å²) in [5, 5.41) is 5.85. The molecule has 0 aliphatic heterocycles. The van der Waals surface area contributed by atoms with Crippen LogP contribution in [0.15, 0.2) is 152 Å². The largest absolute Gasteiger partial charge is 0.294 e. The summed E-state index contributed by atoms with van der Waals surface area (Å²) in [7, 11) is 0. The molecule has 4 aromatic heterocycles. The van der Waals surface area contributed by atoms with Crippen molar-refractivity contribution in [1.29, 1.82) is 0 Å². The lowest BCUT2D eigenvalue weighted by Gasteiger charge is -2.13. The molecule has 0 radical (unpaired) electrons. The summed E-state index contributed by atoms with van der Waals surface area (Å²) in [6, 6.07) is 53.0. The smallest absolute Gasteiger partial charge is 0.162 e. The number of nitrogens with zero attached hydrogens (tertiary/aromatic N) is 5. The molecule has 4 heterocycles. The molecule has 0 bridgehead atoms. The molecule has 0 unspecified atom stereocenters. The van der Waals surface area contributed by atoms with Crippen molar-refractivity contribution in [1.82, 2.24) is 23.9 Å². The van der Waals surface area contributed by atoms with Gasteiger partial charge in [0.2, 0.25) is 0 Å². The highest BCUT2D eigenvalue weighted by molar-refractivity contribution is 6.21. The van der Waals surface area contributed by atoms with E-state index in [1.165, 1.54) is 21.5 Å². The quantitative estimate of drug-likeness (QED) is 0.193. The van der Waals surface area contributed by atoms with Gasteiger partial charge in [0, 0.05) is 38.7 Å². The lowest BCUT2D eigenvalue weighted by atomic mass is 10.0. The Kier molecular flexibility index (Phi) is 5.22. The molecule has 6 aromatic carbocycles. The van der Waals surface area contributed by atoms with Gasteiger partial charge in [0.25, 0.3) is 0 Å². The molecule has 214 valence electrons. The van der Waals surface area contributed by atoms with E-state index < -0.39 is 0 Å². The average Bonchev–Trinajstić information content (AvgIpc) is 3.68. The van der Waals surface area contributed by atoms with Crippen molar-refractivity contribution in [3.63, 3.8) is 0 Å². The Morgan fingerprint density at radius 2 is 1.02 bits per heavy atom. The Hall–Kier alpha value is -6.33. The van der Waals surface area contributed by atoms with E-state index >= 15 is 0 Å². The minimum Gasteiger partial charge on any atom is -0.294 e.